The van der Waals surface area contributed by atoms with Gasteiger partial charge in [0.05, 0.1) is 15.1 Å². The Morgan fingerprint density at radius 3 is 1.36 bits per heavy atom. The van der Waals surface area contributed by atoms with Crippen LogP contribution in [0.1, 0.15) is 0 Å². The van der Waals surface area contributed by atoms with E-state index in [1.807, 2.05) is 60.7 Å². The van der Waals surface area contributed by atoms with Gasteiger partial charge in [0.2, 0.25) is 0 Å². The predicted octanol–water partition coefficient (Wildman–Crippen LogP) is 8.78. The molecule has 28 heavy (non-hydrogen) atoms. The van der Waals surface area contributed by atoms with Crippen molar-refractivity contribution < 1.29 is 4.52 Å². The van der Waals surface area contributed by atoms with Crippen LogP contribution in [-0.4, -0.2) is 0 Å². The normalized spacial score (nSPS) is 11.2. The number of halogens is 5. The van der Waals surface area contributed by atoms with Crippen LogP contribution in [0.15, 0.2) is 60.7 Å². The maximum absolute atomic E-state index is 6.32. The van der Waals surface area contributed by atoms with E-state index in [1.54, 1.807) is 0 Å². The van der Waals surface area contributed by atoms with Crippen molar-refractivity contribution >= 4 is 87.8 Å². The molecule has 0 atom stereocenters. The zero-order valence-electron chi connectivity index (χ0n) is 13.9. The van der Waals surface area contributed by atoms with Crippen LogP contribution in [0, 0.1) is 0 Å². The van der Waals surface area contributed by atoms with Crippen molar-refractivity contribution in [2.24, 2.45) is 0 Å². The van der Waals surface area contributed by atoms with E-state index in [1.165, 1.54) is 0 Å². The van der Waals surface area contributed by atoms with Gasteiger partial charge in [0.1, 0.15) is 10.0 Å². The summed E-state index contributed by atoms with van der Waals surface area (Å²) in [4.78, 5) is 0. The lowest BCUT2D eigenvalue weighted by atomic mass is 10.3. The van der Waals surface area contributed by atoms with Gasteiger partial charge in [0.25, 0.3) is 6.57 Å². The molecular weight excluding hydrogens is 501 g/mol. The van der Waals surface area contributed by atoms with E-state index in [9.17, 15) is 0 Å². The fourth-order valence-corrected chi connectivity index (χ4v) is 5.96. The van der Waals surface area contributed by atoms with Gasteiger partial charge in [-0.1, -0.05) is 94.4 Å². The largest absolute Gasteiger partial charge is 0.430 e. The minimum atomic E-state index is -2.99. The van der Waals surface area contributed by atoms with Crippen LogP contribution in [0.5, 0.6) is 5.75 Å². The molecule has 0 spiro atoms. The Balaban J connectivity index is 2.04. The molecule has 3 nitrogen and oxygen atoms in total. The third kappa shape index (κ3) is 5.01. The fourth-order valence-electron chi connectivity index (χ4n) is 2.23. The predicted molar refractivity (Wildman–Crippen MR) is 127 cm³/mol. The minimum absolute atomic E-state index is 0.0278. The van der Waals surface area contributed by atoms with Crippen molar-refractivity contribution in [1.82, 2.24) is 0 Å². The zero-order valence-corrected chi connectivity index (χ0v) is 19.4. The number of hydrogen-bond donors (Lipinski definition) is 2. The summed E-state index contributed by atoms with van der Waals surface area (Å²) in [7, 11) is 0. The Kier molecular flexibility index (Phi) is 7.27. The molecule has 3 aromatic carbocycles. The SMILES string of the molecule is S=P(Nc1ccccc1)(Nc1ccccc1)Oc1c(Cl)c(Cl)c(Cl)c(Cl)c1Cl. The molecule has 0 heterocycles. The van der Waals surface area contributed by atoms with Crippen molar-refractivity contribution in [3.05, 3.63) is 85.8 Å². The number of para-hydroxylation sites is 2. The molecule has 2 N–H and O–H groups in total. The highest BCUT2D eigenvalue weighted by atomic mass is 35.5. The monoisotopic (exact) mass is 510 g/mol. The van der Waals surface area contributed by atoms with Gasteiger partial charge in [-0.2, -0.15) is 0 Å². The van der Waals surface area contributed by atoms with Crippen LogP contribution in [0.4, 0.5) is 11.4 Å². The summed E-state index contributed by atoms with van der Waals surface area (Å²) in [6, 6.07) is 18.7. The molecule has 0 bridgehead atoms. The van der Waals surface area contributed by atoms with Crippen LogP contribution < -0.4 is 14.7 Å². The molecule has 0 saturated carbocycles. The molecule has 10 heteroatoms. The minimum Gasteiger partial charge on any atom is -0.430 e. The molecule has 0 unspecified atom stereocenters. The van der Waals surface area contributed by atoms with E-state index >= 15 is 0 Å². The topological polar surface area (TPSA) is 33.3 Å². The summed E-state index contributed by atoms with van der Waals surface area (Å²) in [5, 5.41) is 6.61. The number of hydrogen-bond acceptors (Lipinski definition) is 2. The van der Waals surface area contributed by atoms with Crippen molar-refractivity contribution in [2.75, 3.05) is 10.2 Å². The Morgan fingerprint density at radius 1 is 0.607 bits per heavy atom. The van der Waals surface area contributed by atoms with Gasteiger partial charge in [-0.3, -0.25) is 0 Å². The van der Waals surface area contributed by atoms with Crippen LogP contribution in [0.3, 0.4) is 0 Å². The second-order valence-corrected chi connectivity index (χ2v) is 10.7. The van der Waals surface area contributed by atoms with Crippen LogP contribution in [0.2, 0.25) is 25.1 Å². The Morgan fingerprint density at radius 2 is 0.964 bits per heavy atom. The highest BCUT2D eigenvalue weighted by molar-refractivity contribution is 8.13. The standard InChI is InChI=1S/C18H12Cl5N2OPS/c19-13-14(20)16(22)18(17(23)15(13)21)26-27(28,24-11-7-3-1-4-8-11)25-12-9-5-2-6-10-12/h1-10H,(H2,24,25,28). The van der Waals surface area contributed by atoms with E-state index in [0.29, 0.717) is 0 Å². The van der Waals surface area contributed by atoms with E-state index in [0.717, 1.165) is 11.4 Å². The van der Waals surface area contributed by atoms with Gasteiger partial charge in [-0.15, -0.1) is 0 Å². The molecular formula is C18H12Cl5N2OPS. The maximum Gasteiger partial charge on any atom is 0.299 e. The molecule has 0 aliphatic rings. The highest BCUT2D eigenvalue weighted by Crippen LogP contribution is 2.55. The Bertz CT molecular complexity index is 963. The number of anilines is 2. The van der Waals surface area contributed by atoms with Crippen molar-refractivity contribution in [3.63, 3.8) is 0 Å². The molecule has 146 valence electrons. The van der Waals surface area contributed by atoms with Gasteiger partial charge >= 0.3 is 0 Å². The summed E-state index contributed by atoms with van der Waals surface area (Å²) >= 11 is 36.8. The van der Waals surface area contributed by atoms with Crippen LogP contribution in [-0.2, 0) is 11.8 Å². The second-order valence-electron chi connectivity index (χ2n) is 5.50. The van der Waals surface area contributed by atoms with Crippen molar-refractivity contribution in [2.45, 2.75) is 0 Å². The zero-order chi connectivity index (χ0) is 20.3. The van der Waals surface area contributed by atoms with Crippen molar-refractivity contribution in [3.8, 4) is 5.75 Å². The van der Waals surface area contributed by atoms with Crippen molar-refractivity contribution in [1.29, 1.82) is 0 Å². The summed E-state index contributed by atoms with van der Waals surface area (Å²) in [6.07, 6.45) is 0. The first kappa shape index (κ1) is 21.9. The van der Waals surface area contributed by atoms with E-state index in [2.05, 4.69) is 10.2 Å². The Hall–Kier alpha value is -0.840. The molecule has 0 aliphatic heterocycles. The molecule has 0 saturated heterocycles. The molecule has 3 rings (SSSR count). The van der Waals surface area contributed by atoms with Gasteiger partial charge < -0.3 is 14.7 Å². The van der Waals surface area contributed by atoms with Gasteiger partial charge in [-0.05, 0) is 36.1 Å². The quantitative estimate of drug-likeness (QED) is 0.196. The third-order valence-electron chi connectivity index (χ3n) is 3.49. The number of benzene rings is 3. The first-order chi connectivity index (χ1) is 13.3. The second kappa shape index (κ2) is 9.32. The molecule has 0 radical (unpaired) electrons. The van der Waals surface area contributed by atoms with Gasteiger partial charge in [0.15, 0.2) is 5.75 Å². The smallest absolute Gasteiger partial charge is 0.299 e. The molecule has 0 amide bonds. The summed E-state index contributed by atoms with van der Waals surface area (Å²) in [5.41, 5.74) is 1.51. The van der Waals surface area contributed by atoms with Crippen LogP contribution in [0.25, 0.3) is 0 Å². The molecule has 0 fully saturated rings. The highest BCUT2D eigenvalue weighted by Gasteiger charge is 2.27. The lowest BCUT2D eigenvalue weighted by Gasteiger charge is -2.27. The number of nitrogens with one attached hydrogen (secondary N) is 2. The number of rotatable bonds is 6. The Labute approximate surface area is 193 Å². The summed E-state index contributed by atoms with van der Waals surface area (Å²) in [5.74, 6) is 0.0536. The third-order valence-corrected chi connectivity index (χ3v) is 8.05. The average Bonchev–Trinajstić information content (AvgIpc) is 2.70. The lowest BCUT2D eigenvalue weighted by molar-refractivity contribution is 0.620. The van der Waals surface area contributed by atoms with Gasteiger partial charge in [0, 0.05) is 11.4 Å². The molecule has 0 aliphatic carbocycles. The first-order valence-electron chi connectivity index (χ1n) is 7.78. The molecule has 0 aromatic heterocycles. The fraction of sp³-hybridized carbons (Fsp3) is 0. The van der Waals surface area contributed by atoms with E-state index < -0.39 is 6.57 Å². The lowest BCUT2D eigenvalue weighted by Crippen LogP contribution is -2.12. The first-order valence-corrected chi connectivity index (χ1v) is 12.4. The average molecular weight is 513 g/mol. The van der Waals surface area contributed by atoms with E-state index in [-0.39, 0.29) is 30.9 Å². The van der Waals surface area contributed by atoms with E-state index in [4.69, 9.17) is 74.3 Å². The molecule has 3 aromatic rings. The summed E-state index contributed by atoms with van der Waals surface area (Å²) < 4.78 is 6.10. The van der Waals surface area contributed by atoms with Gasteiger partial charge in [-0.25, -0.2) is 0 Å². The van der Waals surface area contributed by atoms with Crippen LogP contribution >= 0.6 is 64.6 Å². The maximum atomic E-state index is 6.32. The summed E-state index contributed by atoms with van der Waals surface area (Å²) in [6.45, 7) is -2.99.